The van der Waals surface area contributed by atoms with Crippen LogP contribution < -0.4 is 5.32 Å². The molecule has 1 aliphatic heterocycles. The van der Waals surface area contributed by atoms with Crippen LogP contribution in [0.25, 0.3) is 0 Å². The van der Waals surface area contributed by atoms with E-state index >= 15 is 0 Å². The van der Waals surface area contributed by atoms with Crippen LogP contribution in [0.15, 0.2) is 6.20 Å². The molecule has 0 aromatic carbocycles. The van der Waals surface area contributed by atoms with Crippen molar-refractivity contribution >= 4 is 0 Å². The molecule has 1 aliphatic rings. The quantitative estimate of drug-likeness (QED) is 0.719. The molecule has 0 spiro atoms. The molecule has 4 nitrogen and oxygen atoms in total. The largest absolute Gasteiger partial charge is 0.379 e. The van der Waals surface area contributed by atoms with Crippen LogP contribution in [0, 0.1) is 6.92 Å². The van der Waals surface area contributed by atoms with Crippen molar-refractivity contribution in [3.8, 4) is 0 Å². The van der Waals surface area contributed by atoms with E-state index < -0.39 is 0 Å². The zero-order valence-corrected chi connectivity index (χ0v) is 8.79. The van der Waals surface area contributed by atoms with Crippen molar-refractivity contribution in [2.75, 3.05) is 19.8 Å². The molecule has 0 radical (unpaired) electrons. The molecule has 0 aliphatic carbocycles. The summed E-state index contributed by atoms with van der Waals surface area (Å²) in [6, 6.07) is 0.311. The molecule has 1 atom stereocenters. The molecule has 4 heteroatoms. The van der Waals surface area contributed by atoms with Gasteiger partial charge in [-0.05, 0) is 19.9 Å². The first-order chi connectivity index (χ1) is 6.79. The first kappa shape index (κ1) is 9.68. The molecular formula is C10H17N3O. The highest BCUT2D eigenvalue weighted by Crippen LogP contribution is 2.18. The Labute approximate surface area is 84.3 Å². The Morgan fingerprint density at radius 2 is 2.50 bits per heavy atom. The molecule has 1 unspecified atom stereocenters. The number of hydrogen-bond donors (Lipinski definition) is 1. The third-order valence-corrected chi connectivity index (χ3v) is 2.79. The number of nitrogens with one attached hydrogen (secondary N) is 1. The normalized spacial score (nSPS) is 23.4. The molecule has 2 rings (SSSR count). The summed E-state index contributed by atoms with van der Waals surface area (Å²) >= 11 is 0. The molecule has 0 saturated carbocycles. The zero-order valence-electron chi connectivity index (χ0n) is 8.79. The molecule has 1 aromatic heterocycles. The summed E-state index contributed by atoms with van der Waals surface area (Å²) in [4.78, 5) is 0. The van der Waals surface area contributed by atoms with Crippen molar-refractivity contribution in [1.29, 1.82) is 0 Å². The third-order valence-electron chi connectivity index (χ3n) is 2.79. The predicted molar refractivity (Wildman–Crippen MR) is 54.1 cm³/mol. The van der Waals surface area contributed by atoms with Gasteiger partial charge in [0.15, 0.2) is 0 Å². The van der Waals surface area contributed by atoms with Gasteiger partial charge < -0.3 is 10.1 Å². The standard InChI is InChI=1S/C10H17N3O/c1-8-9(6-12-13(8)2)10-7-14-5-3-4-11-10/h6,10-11H,3-5,7H2,1-2H3. The van der Waals surface area contributed by atoms with E-state index in [4.69, 9.17) is 4.74 Å². The molecule has 1 saturated heterocycles. The molecule has 0 amide bonds. The van der Waals surface area contributed by atoms with Gasteiger partial charge in [-0.15, -0.1) is 0 Å². The number of ether oxygens (including phenoxy) is 1. The summed E-state index contributed by atoms with van der Waals surface area (Å²) in [5.74, 6) is 0. The molecule has 1 aromatic rings. The lowest BCUT2D eigenvalue weighted by Gasteiger charge is -2.14. The highest BCUT2D eigenvalue weighted by atomic mass is 16.5. The van der Waals surface area contributed by atoms with E-state index in [2.05, 4.69) is 17.3 Å². The maximum Gasteiger partial charge on any atom is 0.0662 e. The Bertz CT molecular complexity index is 300. The van der Waals surface area contributed by atoms with Crippen LogP contribution in [-0.2, 0) is 11.8 Å². The fourth-order valence-corrected chi connectivity index (χ4v) is 1.77. The van der Waals surface area contributed by atoms with E-state index in [0.717, 1.165) is 26.2 Å². The summed E-state index contributed by atoms with van der Waals surface area (Å²) < 4.78 is 7.43. The number of rotatable bonds is 1. The van der Waals surface area contributed by atoms with Crippen LogP contribution in [0.2, 0.25) is 0 Å². The highest BCUT2D eigenvalue weighted by molar-refractivity contribution is 5.20. The maximum atomic E-state index is 5.53. The summed E-state index contributed by atoms with van der Waals surface area (Å²) in [5, 5.41) is 7.72. The van der Waals surface area contributed by atoms with Crippen molar-refractivity contribution in [2.24, 2.45) is 7.05 Å². The van der Waals surface area contributed by atoms with Gasteiger partial charge in [0.2, 0.25) is 0 Å². The molecule has 14 heavy (non-hydrogen) atoms. The fraction of sp³-hybridized carbons (Fsp3) is 0.700. The molecule has 78 valence electrons. The topological polar surface area (TPSA) is 39.1 Å². The van der Waals surface area contributed by atoms with Gasteiger partial charge in [0.25, 0.3) is 0 Å². The Balaban J connectivity index is 2.16. The number of aromatic nitrogens is 2. The number of aryl methyl sites for hydroxylation is 1. The lowest BCUT2D eigenvalue weighted by Crippen LogP contribution is -2.23. The van der Waals surface area contributed by atoms with Crippen molar-refractivity contribution in [2.45, 2.75) is 19.4 Å². The Morgan fingerprint density at radius 1 is 1.64 bits per heavy atom. The van der Waals surface area contributed by atoms with Crippen LogP contribution >= 0.6 is 0 Å². The summed E-state index contributed by atoms with van der Waals surface area (Å²) in [6.07, 6.45) is 3.03. The minimum absolute atomic E-state index is 0.311. The summed E-state index contributed by atoms with van der Waals surface area (Å²) in [5.41, 5.74) is 2.47. The maximum absolute atomic E-state index is 5.53. The third kappa shape index (κ3) is 1.81. The van der Waals surface area contributed by atoms with Crippen molar-refractivity contribution in [3.05, 3.63) is 17.5 Å². The SMILES string of the molecule is Cc1c(C2COCCCN2)cnn1C. The fourth-order valence-electron chi connectivity index (χ4n) is 1.77. The monoisotopic (exact) mass is 195 g/mol. The van der Waals surface area contributed by atoms with Gasteiger partial charge in [0.1, 0.15) is 0 Å². The lowest BCUT2D eigenvalue weighted by molar-refractivity contribution is 0.131. The Hall–Kier alpha value is -0.870. The van der Waals surface area contributed by atoms with E-state index in [9.17, 15) is 0 Å². The Kier molecular flexibility index (Phi) is 2.84. The van der Waals surface area contributed by atoms with Gasteiger partial charge in [-0.3, -0.25) is 4.68 Å². The molecular weight excluding hydrogens is 178 g/mol. The van der Waals surface area contributed by atoms with Crippen LogP contribution in [-0.4, -0.2) is 29.5 Å². The first-order valence-corrected chi connectivity index (χ1v) is 5.08. The molecule has 2 heterocycles. The van der Waals surface area contributed by atoms with Gasteiger partial charge in [0, 0.05) is 24.9 Å². The second-order valence-corrected chi connectivity index (χ2v) is 3.74. The van der Waals surface area contributed by atoms with E-state index in [1.807, 2.05) is 17.9 Å². The second kappa shape index (κ2) is 4.11. The van der Waals surface area contributed by atoms with Crippen LogP contribution in [0.4, 0.5) is 0 Å². The average molecular weight is 195 g/mol. The van der Waals surface area contributed by atoms with Crippen molar-refractivity contribution in [3.63, 3.8) is 0 Å². The minimum atomic E-state index is 0.311. The second-order valence-electron chi connectivity index (χ2n) is 3.74. The first-order valence-electron chi connectivity index (χ1n) is 5.08. The van der Waals surface area contributed by atoms with Gasteiger partial charge in [0.05, 0.1) is 18.8 Å². The molecule has 1 fully saturated rings. The van der Waals surface area contributed by atoms with Crippen molar-refractivity contribution in [1.82, 2.24) is 15.1 Å². The lowest BCUT2D eigenvalue weighted by atomic mass is 10.1. The average Bonchev–Trinajstić information content (AvgIpc) is 2.47. The van der Waals surface area contributed by atoms with Gasteiger partial charge >= 0.3 is 0 Å². The molecule has 1 N–H and O–H groups in total. The number of hydrogen-bond acceptors (Lipinski definition) is 3. The summed E-state index contributed by atoms with van der Waals surface area (Å²) in [7, 11) is 1.97. The van der Waals surface area contributed by atoms with Gasteiger partial charge in [-0.25, -0.2) is 0 Å². The van der Waals surface area contributed by atoms with Crippen LogP contribution in [0.3, 0.4) is 0 Å². The molecule has 0 bridgehead atoms. The van der Waals surface area contributed by atoms with E-state index in [0.29, 0.717) is 6.04 Å². The Morgan fingerprint density at radius 3 is 3.21 bits per heavy atom. The number of nitrogens with zero attached hydrogens (tertiary/aromatic N) is 2. The zero-order chi connectivity index (χ0) is 9.97. The minimum Gasteiger partial charge on any atom is -0.379 e. The predicted octanol–water partition coefficient (Wildman–Crippen LogP) is 0.780. The van der Waals surface area contributed by atoms with Gasteiger partial charge in [-0.2, -0.15) is 5.10 Å². The van der Waals surface area contributed by atoms with Crippen molar-refractivity contribution < 1.29 is 4.74 Å². The van der Waals surface area contributed by atoms with Gasteiger partial charge in [-0.1, -0.05) is 0 Å². The van der Waals surface area contributed by atoms with E-state index in [1.165, 1.54) is 11.3 Å². The summed E-state index contributed by atoms with van der Waals surface area (Å²) in [6.45, 7) is 4.74. The van der Waals surface area contributed by atoms with E-state index in [-0.39, 0.29) is 0 Å². The smallest absolute Gasteiger partial charge is 0.0662 e. The van der Waals surface area contributed by atoms with Crippen LogP contribution in [0.5, 0.6) is 0 Å². The highest BCUT2D eigenvalue weighted by Gasteiger charge is 2.17. The van der Waals surface area contributed by atoms with Crippen LogP contribution in [0.1, 0.15) is 23.7 Å². The van der Waals surface area contributed by atoms with E-state index in [1.54, 1.807) is 0 Å².